The number of hydrogen-bond donors (Lipinski definition) is 1. The monoisotopic (exact) mass is 201 g/mol. The predicted octanol–water partition coefficient (Wildman–Crippen LogP) is 2.55. The number of nitrogens with zero attached hydrogens (tertiary/aromatic N) is 2. The fourth-order valence-electron chi connectivity index (χ4n) is 2.17. The highest BCUT2D eigenvalue weighted by molar-refractivity contribution is 5.54. The largest absolute Gasteiger partial charge is 0.380 e. The quantitative estimate of drug-likeness (QED) is 0.800. The molecule has 2 unspecified atom stereocenters. The van der Waals surface area contributed by atoms with Crippen LogP contribution in [0.1, 0.15) is 31.9 Å². The summed E-state index contributed by atoms with van der Waals surface area (Å²) in [5, 5.41) is 12.3. The number of hydrogen-bond acceptors (Lipinski definition) is 3. The van der Waals surface area contributed by atoms with Crippen LogP contribution < -0.4 is 5.32 Å². The minimum atomic E-state index is 0.497. The van der Waals surface area contributed by atoms with Gasteiger partial charge in [-0.2, -0.15) is 5.26 Å². The second kappa shape index (κ2) is 4.31. The summed E-state index contributed by atoms with van der Waals surface area (Å²) >= 11 is 0. The molecule has 1 heterocycles. The van der Waals surface area contributed by atoms with Crippen molar-refractivity contribution in [3.8, 4) is 6.07 Å². The summed E-state index contributed by atoms with van der Waals surface area (Å²) in [6.45, 7) is 2.26. The molecule has 1 aromatic rings. The van der Waals surface area contributed by atoms with Gasteiger partial charge in [-0.1, -0.05) is 13.3 Å². The van der Waals surface area contributed by atoms with E-state index in [4.69, 9.17) is 5.26 Å². The van der Waals surface area contributed by atoms with Crippen LogP contribution in [0.15, 0.2) is 18.3 Å². The maximum atomic E-state index is 8.91. The third kappa shape index (κ3) is 2.10. The molecule has 78 valence electrons. The Morgan fingerprint density at radius 1 is 1.53 bits per heavy atom. The lowest BCUT2D eigenvalue weighted by Gasteiger charge is -2.18. The zero-order valence-electron chi connectivity index (χ0n) is 8.90. The van der Waals surface area contributed by atoms with Gasteiger partial charge in [0.2, 0.25) is 0 Å². The highest BCUT2D eigenvalue weighted by atomic mass is 14.9. The third-order valence-corrected chi connectivity index (χ3v) is 3.12. The molecule has 1 N–H and O–H groups in total. The smallest absolute Gasteiger partial charge is 0.163 e. The van der Waals surface area contributed by atoms with Gasteiger partial charge in [-0.3, -0.25) is 0 Å². The highest BCUT2D eigenvalue weighted by Gasteiger charge is 2.23. The summed E-state index contributed by atoms with van der Waals surface area (Å²) in [5.74, 6) is 0.691. The van der Waals surface area contributed by atoms with E-state index in [9.17, 15) is 0 Å². The maximum Gasteiger partial charge on any atom is 0.163 e. The summed E-state index contributed by atoms with van der Waals surface area (Å²) in [7, 11) is 0. The van der Waals surface area contributed by atoms with Crippen molar-refractivity contribution in [3.05, 3.63) is 24.0 Å². The lowest BCUT2D eigenvalue weighted by molar-refractivity contribution is 0.556. The summed E-state index contributed by atoms with van der Waals surface area (Å²) in [6.07, 6.45) is 5.41. The molecule has 2 atom stereocenters. The molecular formula is C12H15N3. The van der Waals surface area contributed by atoms with Crippen LogP contribution in [0.2, 0.25) is 0 Å². The topological polar surface area (TPSA) is 48.7 Å². The summed E-state index contributed by atoms with van der Waals surface area (Å²) in [6, 6.07) is 6.40. The van der Waals surface area contributed by atoms with Gasteiger partial charge in [-0.05, 0) is 30.9 Å². The summed E-state index contributed by atoms with van der Waals surface area (Å²) in [5.41, 5.74) is 1.37. The van der Waals surface area contributed by atoms with Gasteiger partial charge in [0.1, 0.15) is 6.07 Å². The zero-order chi connectivity index (χ0) is 10.7. The van der Waals surface area contributed by atoms with Crippen molar-refractivity contribution in [1.29, 1.82) is 5.26 Å². The number of aromatic nitrogens is 1. The fourth-order valence-corrected chi connectivity index (χ4v) is 2.17. The molecule has 1 aliphatic rings. The summed E-state index contributed by atoms with van der Waals surface area (Å²) in [4.78, 5) is 4.04. The van der Waals surface area contributed by atoms with Crippen molar-refractivity contribution in [3.63, 3.8) is 0 Å². The number of rotatable bonds is 2. The lowest BCUT2D eigenvalue weighted by atomic mass is 10.1. The fraction of sp³-hybridized carbons (Fsp3) is 0.500. The van der Waals surface area contributed by atoms with Crippen LogP contribution in [0, 0.1) is 17.2 Å². The first kappa shape index (κ1) is 9.97. The van der Waals surface area contributed by atoms with Crippen LogP contribution in [0.4, 0.5) is 5.69 Å². The van der Waals surface area contributed by atoms with Crippen LogP contribution >= 0.6 is 0 Å². The third-order valence-electron chi connectivity index (χ3n) is 3.12. The van der Waals surface area contributed by atoms with E-state index in [-0.39, 0.29) is 0 Å². The van der Waals surface area contributed by atoms with Gasteiger partial charge in [0.25, 0.3) is 0 Å². The molecule has 0 spiro atoms. The average molecular weight is 201 g/mol. The van der Waals surface area contributed by atoms with Gasteiger partial charge < -0.3 is 5.32 Å². The van der Waals surface area contributed by atoms with Crippen molar-refractivity contribution in [1.82, 2.24) is 4.98 Å². The van der Waals surface area contributed by atoms with Gasteiger partial charge in [-0.15, -0.1) is 0 Å². The second-order valence-electron chi connectivity index (χ2n) is 4.17. The molecule has 0 saturated heterocycles. The van der Waals surface area contributed by atoms with E-state index < -0.39 is 0 Å². The second-order valence-corrected chi connectivity index (χ2v) is 4.17. The zero-order valence-corrected chi connectivity index (χ0v) is 8.90. The van der Waals surface area contributed by atoms with Crippen molar-refractivity contribution in [2.45, 2.75) is 32.2 Å². The first-order chi connectivity index (χ1) is 7.31. The Morgan fingerprint density at radius 2 is 2.40 bits per heavy atom. The molecule has 3 nitrogen and oxygen atoms in total. The minimum absolute atomic E-state index is 0.497. The Kier molecular flexibility index (Phi) is 2.86. The van der Waals surface area contributed by atoms with Crippen LogP contribution in [-0.2, 0) is 0 Å². The van der Waals surface area contributed by atoms with Crippen LogP contribution in [-0.4, -0.2) is 11.0 Å². The van der Waals surface area contributed by atoms with Crippen molar-refractivity contribution in [2.24, 2.45) is 5.92 Å². The molecule has 2 rings (SSSR count). The molecule has 0 bridgehead atoms. The molecular weight excluding hydrogens is 186 g/mol. The normalized spacial score (nSPS) is 24.8. The lowest BCUT2D eigenvalue weighted by Crippen LogP contribution is -2.22. The van der Waals surface area contributed by atoms with Crippen LogP contribution in [0.3, 0.4) is 0 Å². The van der Waals surface area contributed by atoms with E-state index in [1.54, 1.807) is 6.20 Å². The standard InChI is InChI=1S/C12H15N3/c1-9-4-2-5-10(9)15-11-6-3-7-14-12(11)8-13/h3,6-7,9-10,15H,2,4-5H2,1H3. The number of anilines is 1. The van der Waals surface area contributed by atoms with Gasteiger partial charge >= 0.3 is 0 Å². The van der Waals surface area contributed by atoms with Gasteiger partial charge in [0.05, 0.1) is 5.69 Å². The molecule has 1 saturated carbocycles. The Labute approximate surface area is 90.1 Å². The van der Waals surface area contributed by atoms with Gasteiger partial charge in [0.15, 0.2) is 5.69 Å². The molecule has 15 heavy (non-hydrogen) atoms. The van der Waals surface area contributed by atoms with E-state index in [2.05, 4.69) is 23.3 Å². The molecule has 0 amide bonds. The molecule has 0 aliphatic heterocycles. The van der Waals surface area contributed by atoms with E-state index in [1.807, 2.05) is 12.1 Å². The summed E-state index contributed by atoms with van der Waals surface area (Å²) < 4.78 is 0. The molecule has 0 aromatic carbocycles. The first-order valence-electron chi connectivity index (χ1n) is 5.43. The van der Waals surface area contributed by atoms with Gasteiger partial charge in [0, 0.05) is 12.2 Å². The van der Waals surface area contributed by atoms with Crippen LogP contribution in [0.5, 0.6) is 0 Å². The predicted molar refractivity (Wildman–Crippen MR) is 59.4 cm³/mol. The molecule has 3 heteroatoms. The molecule has 0 radical (unpaired) electrons. The minimum Gasteiger partial charge on any atom is -0.380 e. The maximum absolute atomic E-state index is 8.91. The number of nitriles is 1. The van der Waals surface area contributed by atoms with Crippen molar-refractivity contribution >= 4 is 5.69 Å². The van der Waals surface area contributed by atoms with Crippen molar-refractivity contribution < 1.29 is 0 Å². The SMILES string of the molecule is CC1CCCC1Nc1cccnc1C#N. The highest BCUT2D eigenvalue weighted by Crippen LogP contribution is 2.28. The Hall–Kier alpha value is -1.56. The first-order valence-corrected chi connectivity index (χ1v) is 5.43. The number of nitrogens with one attached hydrogen (secondary N) is 1. The molecule has 1 aromatic heterocycles. The van der Waals surface area contributed by atoms with E-state index in [0.717, 1.165) is 5.69 Å². The molecule has 1 aliphatic carbocycles. The van der Waals surface area contributed by atoms with Gasteiger partial charge in [-0.25, -0.2) is 4.98 Å². The molecule has 1 fully saturated rings. The average Bonchev–Trinajstić information content (AvgIpc) is 2.65. The van der Waals surface area contributed by atoms with E-state index in [1.165, 1.54) is 19.3 Å². The Balaban J connectivity index is 2.14. The van der Waals surface area contributed by atoms with E-state index >= 15 is 0 Å². The number of pyridine rings is 1. The van der Waals surface area contributed by atoms with E-state index in [0.29, 0.717) is 17.7 Å². The Morgan fingerprint density at radius 3 is 3.07 bits per heavy atom. The van der Waals surface area contributed by atoms with Crippen LogP contribution in [0.25, 0.3) is 0 Å². The Bertz CT molecular complexity index is 381. The van der Waals surface area contributed by atoms with Crippen molar-refractivity contribution in [2.75, 3.05) is 5.32 Å².